The molecule has 2 aliphatic rings. The van der Waals surface area contributed by atoms with E-state index in [1.54, 1.807) is 0 Å². The second kappa shape index (κ2) is 13.3. The highest BCUT2D eigenvalue weighted by molar-refractivity contribution is 5.86. The van der Waals surface area contributed by atoms with Crippen LogP contribution in [0.4, 0.5) is 0 Å². The Bertz CT molecular complexity index is 1470. The molecule has 2 aliphatic heterocycles. The van der Waals surface area contributed by atoms with Crippen molar-refractivity contribution in [1.82, 2.24) is 20.6 Å². The molecule has 43 heavy (non-hydrogen) atoms. The molecule has 4 rings (SSSR count). The summed E-state index contributed by atoms with van der Waals surface area (Å²) in [5.74, 6) is -0.714. The van der Waals surface area contributed by atoms with Gasteiger partial charge in [0.2, 0.25) is 5.91 Å². The van der Waals surface area contributed by atoms with Crippen LogP contribution < -0.4 is 10.6 Å². The third kappa shape index (κ3) is 6.75. The summed E-state index contributed by atoms with van der Waals surface area (Å²) in [5.41, 5.74) is 10.1. The Balaban J connectivity index is 1.72. The predicted molar refractivity (Wildman–Crippen MR) is 166 cm³/mol. The quantitative estimate of drug-likeness (QED) is 0.169. The van der Waals surface area contributed by atoms with Gasteiger partial charge in [-0.25, -0.2) is 0 Å². The van der Waals surface area contributed by atoms with E-state index in [-0.39, 0.29) is 42.5 Å². The molecule has 1 amide bonds. The summed E-state index contributed by atoms with van der Waals surface area (Å²) in [6.07, 6.45) is 5.60. The molecule has 3 atom stereocenters. The fourth-order valence-electron chi connectivity index (χ4n) is 6.63. The van der Waals surface area contributed by atoms with Crippen LogP contribution >= 0.6 is 0 Å². The fraction of sp³-hybridized carbons (Fsp3) is 0.515. The number of amides is 1. The number of hydrogen-bond donors (Lipinski definition) is 8. The third-order valence-corrected chi connectivity index (χ3v) is 9.27. The van der Waals surface area contributed by atoms with Gasteiger partial charge in [0, 0.05) is 65.1 Å². The van der Waals surface area contributed by atoms with Crippen molar-refractivity contribution in [2.24, 2.45) is 11.8 Å². The molecule has 0 bridgehead atoms. The molecule has 1 fully saturated rings. The van der Waals surface area contributed by atoms with Crippen molar-refractivity contribution in [2.75, 3.05) is 0 Å². The average molecular weight is 595 g/mol. The van der Waals surface area contributed by atoms with E-state index in [4.69, 9.17) is 0 Å². The lowest BCUT2D eigenvalue weighted by Crippen LogP contribution is -2.27. The number of aromatic amines is 2. The van der Waals surface area contributed by atoms with Crippen molar-refractivity contribution in [3.8, 4) is 5.88 Å². The molecule has 0 aromatic carbocycles. The number of carboxylic acid groups (broad SMARTS) is 1. The van der Waals surface area contributed by atoms with E-state index >= 15 is 0 Å². The Kier molecular flexibility index (Phi) is 9.92. The van der Waals surface area contributed by atoms with Gasteiger partial charge in [0.15, 0.2) is 12.2 Å². The van der Waals surface area contributed by atoms with Crippen LogP contribution in [0.2, 0.25) is 0 Å². The molecule has 2 aromatic heterocycles. The van der Waals surface area contributed by atoms with Crippen LogP contribution in [0, 0.1) is 25.7 Å². The number of carbonyl (C=O) groups excluding carboxylic acids is 1. The highest BCUT2D eigenvalue weighted by atomic mass is 16.5. The smallest absolute Gasteiger partial charge is 0.303 e. The zero-order valence-electron chi connectivity index (χ0n) is 26.0. The molecule has 0 saturated carbocycles. The topological polar surface area (TPSA) is 171 Å². The molecule has 1 unspecified atom stereocenters. The number of nitrogens with one attached hydrogen (secondary N) is 4. The first-order valence-electron chi connectivity index (χ1n) is 15.2. The number of aromatic hydroxyl groups is 1. The van der Waals surface area contributed by atoms with E-state index in [2.05, 4.69) is 27.5 Å². The number of aliphatic carboxylic acids is 1. The number of aliphatic hydroxyl groups is 2. The number of rotatable bonds is 12. The van der Waals surface area contributed by atoms with Crippen LogP contribution in [-0.2, 0) is 28.9 Å². The van der Waals surface area contributed by atoms with Crippen molar-refractivity contribution >= 4 is 24.0 Å². The first kappa shape index (κ1) is 32.2. The first-order chi connectivity index (χ1) is 20.4. The summed E-state index contributed by atoms with van der Waals surface area (Å²) in [4.78, 5) is 30.6. The van der Waals surface area contributed by atoms with E-state index < -0.39 is 12.3 Å². The van der Waals surface area contributed by atoms with Gasteiger partial charge >= 0.3 is 5.97 Å². The average Bonchev–Trinajstić information content (AvgIpc) is 3.59. The summed E-state index contributed by atoms with van der Waals surface area (Å²) >= 11 is 0. The second-order valence-electron chi connectivity index (χ2n) is 11.9. The van der Waals surface area contributed by atoms with Crippen LogP contribution in [0.3, 0.4) is 0 Å². The van der Waals surface area contributed by atoms with Crippen LogP contribution in [0.15, 0.2) is 22.5 Å². The molecule has 0 spiro atoms. The van der Waals surface area contributed by atoms with Gasteiger partial charge in [-0.3, -0.25) is 9.59 Å². The molecule has 8 N–H and O–H groups in total. The van der Waals surface area contributed by atoms with E-state index in [1.165, 1.54) is 0 Å². The van der Waals surface area contributed by atoms with Crippen molar-refractivity contribution in [2.45, 2.75) is 98.8 Å². The summed E-state index contributed by atoms with van der Waals surface area (Å²) in [5, 5.41) is 45.8. The zero-order valence-corrected chi connectivity index (χ0v) is 26.0. The third-order valence-electron chi connectivity index (χ3n) is 9.27. The van der Waals surface area contributed by atoms with Gasteiger partial charge in [-0.15, -0.1) is 0 Å². The molecule has 10 heteroatoms. The Morgan fingerprint density at radius 1 is 1.00 bits per heavy atom. The highest BCUT2D eigenvalue weighted by Crippen LogP contribution is 2.36. The molecule has 0 aliphatic carbocycles. The minimum atomic E-state index is -1.43. The summed E-state index contributed by atoms with van der Waals surface area (Å²) in [6.45, 7) is 12.0. The van der Waals surface area contributed by atoms with Crippen LogP contribution in [0.1, 0.15) is 92.7 Å². The molecule has 0 radical (unpaired) electrons. The van der Waals surface area contributed by atoms with Gasteiger partial charge in [-0.05, 0) is 86.4 Å². The number of hydrogen-bond acceptors (Lipinski definition) is 6. The molecular formula is C33H46N4O6. The summed E-state index contributed by atoms with van der Waals surface area (Å²) in [7, 11) is 0. The van der Waals surface area contributed by atoms with Crippen molar-refractivity contribution in [3.05, 3.63) is 61.9 Å². The normalized spacial score (nSPS) is 22.3. The number of aliphatic hydroxyl groups excluding tert-OH is 1. The van der Waals surface area contributed by atoms with E-state index in [0.717, 1.165) is 68.3 Å². The molecule has 2 aromatic rings. The van der Waals surface area contributed by atoms with Crippen molar-refractivity contribution < 1.29 is 30.0 Å². The van der Waals surface area contributed by atoms with Gasteiger partial charge < -0.3 is 41.0 Å². The summed E-state index contributed by atoms with van der Waals surface area (Å²) in [6, 6.07) is -0.170. The van der Waals surface area contributed by atoms with Crippen molar-refractivity contribution in [1.29, 1.82) is 0 Å². The summed E-state index contributed by atoms with van der Waals surface area (Å²) < 4.78 is 0. The maximum absolute atomic E-state index is 12.4. The lowest BCUT2D eigenvalue weighted by molar-refractivity contribution is -0.137. The maximum atomic E-state index is 12.4. The van der Waals surface area contributed by atoms with Crippen molar-refractivity contribution in [3.63, 3.8) is 0 Å². The Morgan fingerprint density at radius 3 is 2.28 bits per heavy atom. The highest BCUT2D eigenvalue weighted by Gasteiger charge is 2.34. The first-order valence-corrected chi connectivity index (χ1v) is 15.2. The van der Waals surface area contributed by atoms with Gasteiger partial charge in [0.25, 0.3) is 0 Å². The molecule has 4 heterocycles. The predicted octanol–water partition coefficient (Wildman–Crippen LogP) is 4.34. The van der Waals surface area contributed by atoms with Gasteiger partial charge in [-0.2, -0.15) is 0 Å². The maximum Gasteiger partial charge on any atom is 0.303 e. The van der Waals surface area contributed by atoms with Crippen LogP contribution in [0.5, 0.6) is 5.88 Å². The second-order valence-corrected chi connectivity index (χ2v) is 11.9. The largest absolute Gasteiger partial charge is 0.494 e. The van der Waals surface area contributed by atoms with Crippen LogP contribution in [0.25, 0.3) is 12.2 Å². The van der Waals surface area contributed by atoms with E-state index in [0.29, 0.717) is 25.7 Å². The lowest BCUT2D eigenvalue weighted by Gasteiger charge is -2.18. The molecule has 1 saturated heterocycles. The number of allylic oxidation sites excluding steroid dienone is 2. The fourth-order valence-corrected chi connectivity index (χ4v) is 6.63. The van der Waals surface area contributed by atoms with Gasteiger partial charge in [-0.1, -0.05) is 20.8 Å². The minimum Gasteiger partial charge on any atom is -0.494 e. The van der Waals surface area contributed by atoms with Gasteiger partial charge in [0.05, 0.1) is 6.04 Å². The van der Waals surface area contributed by atoms with Crippen LogP contribution in [-0.4, -0.2) is 54.6 Å². The number of aromatic nitrogens is 2. The molecular weight excluding hydrogens is 548 g/mol. The minimum absolute atomic E-state index is 0.00983. The lowest BCUT2D eigenvalue weighted by atomic mass is 9.91. The Labute approximate surface area is 253 Å². The SMILES string of the molecule is CCc1c(O)[nH]c(/C=C2/NC(Cc3[nH]c(/C=C4\NC(=O)[C@H](C)[C@H]4CC)c(C)c3CCC(=O)O)C(CCC(O)O)=C2C)c1C. The zero-order chi connectivity index (χ0) is 31.6. The standard InChI is InChI=1S/C33H46N4O6/c1-7-20-19(6)32(42)37-27(20)14-25-18(5)23(10-12-31(40)41)29(35-25)15-28-22(9-11-30(38)39)17(4)24(34-28)13-26-16(3)21(8-2)33(43)36-26/h13-14,19-20,28,30,34-36,38-39,43H,7-12,15H2,1-6H3,(H,37,42)(H,40,41)/b24-13+,27-14-/t19-,20-,28?/m1/s1. The Morgan fingerprint density at radius 2 is 1.67 bits per heavy atom. The number of carboxylic acids is 1. The molecule has 234 valence electrons. The van der Waals surface area contributed by atoms with E-state index in [9.17, 15) is 30.0 Å². The number of H-pyrrole nitrogens is 2. The van der Waals surface area contributed by atoms with E-state index in [1.807, 2.05) is 46.8 Å². The number of carbonyl (C=O) groups is 2. The molecule has 10 nitrogen and oxygen atoms in total. The Hall–Kier alpha value is -3.76. The van der Waals surface area contributed by atoms with Gasteiger partial charge in [0.1, 0.15) is 0 Å². The monoisotopic (exact) mass is 594 g/mol.